The number of aliphatic hydroxyl groups excluding tert-OH is 1. The fourth-order valence-electron chi connectivity index (χ4n) is 1.73. The van der Waals surface area contributed by atoms with Gasteiger partial charge in [0, 0.05) is 28.9 Å². The minimum Gasteiger partial charge on any atom is -0.396 e. The number of aromatic nitrogens is 3. The molecule has 0 aliphatic rings. The molecule has 0 radical (unpaired) electrons. The number of nitrogens with zero attached hydrogens (tertiary/aromatic N) is 3. The van der Waals surface area contributed by atoms with Crippen LogP contribution in [-0.2, 0) is 6.54 Å². The Kier molecular flexibility index (Phi) is 5.82. The van der Waals surface area contributed by atoms with Crippen molar-refractivity contribution in [1.82, 2.24) is 14.8 Å². The number of hydrogen-bond donors (Lipinski definition) is 1. The van der Waals surface area contributed by atoms with Crippen molar-refractivity contribution in [1.29, 1.82) is 0 Å². The first-order valence-corrected chi connectivity index (χ1v) is 8.08. The molecule has 0 atom stereocenters. The van der Waals surface area contributed by atoms with Crippen molar-refractivity contribution < 1.29 is 5.11 Å². The van der Waals surface area contributed by atoms with E-state index in [1.807, 2.05) is 34.9 Å². The summed E-state index contributed by atoms with van der Waals surface area (Å²) in [5.41, 5.74) is 1.02. The largest absolute Gasteiger partial charge is 0.396 e. The van der Waals surface area contributed by atoms with Crippen LogP contribution in [0.5, 0.6) is 0 Å². The van der Waals surface area contributed by atoms with Crippen molar-refractivity contribution in [3.63, 3.8) is 0 Å². The van der Waals surface area contributed by atoms with Crippen LogP contribution in [0.25, 0.3) is 11.4 Å². The Morgan fingerprint density at radius 3 is 2.70 bits per heavy atom. The van der Waals surface area contributed by atoms with Crippen molar-refractivity contribution in [3.8, 4) is 11.4 Å². The lowest BCUT2D eigenvalue weighted by atomic mass is 10.2. The maximum absolute atomic E-state index is 8.85. The Morgan fingerprint density at radius 1 is 1.30 bits per heavy atom. The Labute approximate surface area is 131 Å². The molecule has 1 aromatic heterocycles. The standard InChI is InChI=1S/C14H16BrN3OS/c1-2-8-18-13(11-4-6-12(15)7-5-11)16-17-14(18)20-10-3-9-19/h2,4-7,19H,1,3,8-10H2. The number of halogens is 1. The van der Waals surface area contributed by atoms with E-state index in [0.29, 0.717) is 6.54 Å². The molecule has 2 aromatic rings. The van der Waals surface area contributed by atoms with Gasteiger partial charge in [0.1, 0.15) is 0 Å². The maximum atomic E-state index is 8.85. The number of rotatable bonds is 7. The third-order valence-corrected chi connectivity index (χ3v) is 4.25. The third-order valence-electron chi connectivity index (χ3n) is 2.66. The Hall–Kier alpha value is -1.11. The monoisotopic (exact) mass is 353 g/mol. The SMILES string of the molecule is C=CCn1c(SCCCO)nnc1-c1ccc(Br)cc1. The van der Waals surface area contributed by atoms with Crippen molar-refractivity contribution in [2.75, 3.05) is 12.4 Å². The van der Waals surface area contributed by atoms with Crippen molar-refractivity contribution in [2.24, 2.45) is 0 Å². The van der Waals surface area contributed by atoms with Gasteiger partial charge in [-0.2, -0.15) is 0 Å². The van der Waals surface area contributed by atoms with Crippen molar-refractivity contribution in [3.05, 3.63) is 41.4 Å². The second-order valence-electron chi connectivity index (χ2n) is 4.14. The van der Waals surface area contributed by atoms with Crippen LogP contribution in [0.15, 0.2) is 46.5 Å². The average molecular weight is 354 g/mol. The van der Waals surface area contributed by atoms with E-state index < -0.39 is 0 Å². The number of allylic oxidation sites excluding steroid dienone is 1. The zero-order valence-electron chi connectivity index (χ0n) is 11.0. The van der Waals surface area contributed by atoms with Crippen molar-refractivity contribution in [2.45, 2.75) is 18.1 Å². The normalized spacial score (nSPS) is 10.7. The number of aliphatic hydroxyl groups is 1. The van der Waals surface area contributed by atoms with Gasteiger partial charge in [0.25, 0.3) is 0 Å². The van der Waals surface area contributed by atoms with E-state index in [-0.39, 0.29) is 6.61 Å². The molecule has 0 aliphatic heterocycles. The minimum atomic E-state index is 0.197. The zero-order chi connectivity index (χ0) is 14.4. The van der Waals surface area contributed by atoms with Gasteiger partial charge in [-0.05, 0) is 18.6 Å². The summed E-state index contributed by atoms with van der Waals surface area (Å²) in [6.45, 7) is 4.65. The van der Waals surface area contributed by atoms with E-state index in [9.17, 15) is 0 Å². The summed E-state index contributed by atoms with van der Waals surface area (Å²) in [6, 6.07) is 7.99. The van der Waals surface area contributed by atoms with E-state index >= 15 is 0 Å². The van der Waals surface area contributed by atoms with Crippen LogP contribution in [0.1, 0.15) is 6.42 Å². The van der Waals surface area contributed by atoms with E-state index in [0.717, 1.165) is 33.2 Å². The Bertz CT molecular complexity index is 568. The second kappa shape index (κ2) is 7.61. The molecular formula is C14H16BrN3OS. The molecule has 20 heavy (non-hydrogen) atoms. The van der Waals surface area contributed by atoms with Crippen LogP contribution in [0.4, 0.5) is 0 Å². The van der Waals surface area contributed by atoms with Gasteiger partial charge in [-0.25, -0.2) is 0 Å². The van der Waals surface area contributed by atoms with Crippen LogP contribution in [0.2, 0.25) is 0 Å². The van der Waals surface area contributed by atoms with Crippen LogP contribution >= 0.6 is 27.7 Å². The molecule has 1 heterocycles. The Morgan fingerprint density at radius 2 is 2.05 bits per heavy atom. The van der Waals surface area contributed by atoms with Gasteiger partial charge in [0.15, 0.2) is 11.0 Å². The molecular weight excluding hydrogens is 338 g/mol. The molecule has 0 amide bonds. The van der Waals surface area contributed by atoms with Gasteiger partial charge >= 0.3 is 0 Å². The molecule has 0 spiro atoms. The summed E-state index contributed by atoms with van der Waals surface area (Å²) in [5.74, 6) is 1.66. The van der Waals surface area contributed by atoms with Gasteiger partial charge < -0.3 is 5.11 Å². The van der Waals surface area contributed by atoms with E-state index in [1.54, 1.807) is 11.8 Å². The molecule has 2 rings (SSSR count). The predicted molar refractivity (Wildman–Crippen MR) is 85.8 cm³/mol. The van der Waals surface area contributed by atoms with Gasteiger partial charge in [-0.1, -0.05) is 45.9 Å². The number of thioether (sulfide) groups is 1. The highest BCUT2D eigenvalue weighted by molar-refractivity contribution is 9.10. The molecule has 106 valence electrons. The topological polar surface area (TPSA) is 50.9 Å². The van der Waals surface area contributed by atoms with Gasteiger partial charge in [0.2, 0.25) is 0 Å². The van der Waals surface area contributed by atoms with E-state index in [4.69, 9.17) is 5.11 Å². The molecule has 0 saturated carbocycles. The summed E-state index contributed by atoms with van der Waals surface area (Å²) < 4.78 is 3.08. The first-order valence-electron chi connectivity index (χ1n) is 6.30. The third kappa shape index (κ3) is 3.71. The zero-order valence-corrected chi connectivity index (χ0v) is 13.4. The molecule has 4 nitrogen and oxygen atoms in total. The van der Waals surface area contributed by atoms with E-state index in [1.165, 1.54) is 0 Å². The average Bonchev–Trinajstić information content (AvgIpc) is 2.84. The lowest BCUT2D eigenvalue weighted by Gasteiger charge is -2.07. The van der Waals surface area contributed by atoms with Crippen LogP contribution in [0.3, 0.4) is 0 Å². The lowest BCUT2D eigenvalue weighted by Crippen LogP contribution is -2.01. The van der Waals surface area contributed by atoms with Crippen LogP contribution in [0, 0.1) is 0 Å². The van der Waals surface area contributed by atoms with Gasteiger partial charge in [-0.15, -0.1) is 16.8 Å². The van der Waals surface area contributed by atoms with Gasteiger partial charge in [0.05, 0.1) is 0 Å². The lowest BCUT2D eigenvalue weighted by molar-refractivity contribution is 0.296. The molecule has 0 saturated heterocycles. The van der Waals surface area contributed by atoms with E-state index in [2.05, 4.69) is 32.7 Å². The highest BCUT2D eigenvalue weighted by Crippen LogP contribution is 2.25. The van der Waals surface area contributed by atoms with Crippen LogP contribution in [-0.4, -0.2) is 32.2 Å². The van der Waals surface area contributed by atoms with Crippen LogP contribution < -0.4 is 0 Å². The predicted octanol–water partition coefficient (Wildman–Crippen LogP) is 3.37. The summed E-state index contributed by atoms with van der Waals surface area (Å²) in [5, 5.41) is 18.2. The van der Waals surface area contributed by atoms with Crippen molar-refractivity contribution >= 4 is 27.7 Å². The minimum absolute atomic E-state index is 0.197. The molecule has 0 bridgehead atoms. The summed E-state index contributed by atoms with van der Waals surface area (Å²) in [4.78, 5) is 0. The number of hydrogen-bond acceptors (Lipinski definition) is 4. The fourth-order valence-corrected chi connectivity index (χ4v) is 2.87. The maximum Gasteiger partial charge on any atom is 0.191 e. The molecule has 0 aliphatic carbocycles. The first-order chi connectivity index (χ1) is 9.76. The highest BCUT2D eigenvalue weighted by Gasteiger charge is 2.13. The molecule has 1 N–H and O–H groups in total. The first kappa shape index (κ1) is 15.3. The second-order valence-corrected chi connectivity index (χ2v) is 6.12. The Balaban J connectivity index is 2.28. The highest BCUT2D eigenvalue weighted by atomic mass is 79.9. The summed E-state index contributed by atoms with van der Waals surface area (Å²) in [6.07, 6.45) is 2.58. The molecule has 6 heteroatoms. The number of benzene rings is 1. The summed E-state index contributed by atoms with van der Waals surface area (Å²) >= 11 is 5.03. The fraction of sp³-hybridized carbons (Fsp3) is 0.286. The molecule has 1 aromatic carbocycles. The smallest absolute Gasteiger partial charge is 0.191 e. The van der Waals surface area contributed by atoms with Gasteiger partial charge in [-0.3, -0.25) is 4.57 Å². The molecule has 0 unspecified atom stereocenters. The molecule has 0 fully saturated rings. The quantitative estimate of drug-likeness (QED) is 0.471. The summed E-state index contributed by atoms with van der Waals surface area (Å²) in [7, 11) is 0.